The molecule has 1 spiro atoms. The van der Waals surface area contributed by atoms with Crippen molar-refractivity contribution in [1.82, 2.24) is 0 Å². The number of hydrogen-bond acceptors (Lipinski definition) is 27. The van der Waals surface area contributed by atoms with Crippen LogP contribution in [0, 0.1) is 33.5 Å². The Balaban J connectivity index is 0.00000900. The summed E-state index contributed by atoms with van der Waals surface area (Å²) in [6.45, 7) is 12.1. The van der Waals surface area contributed by atoms with Crippen molar-refractivity contribution >= 4 is 16.4 Å². The molecule has 9 rings (SSSR count). The third kappa shape index (κ3) is 11.3. The minimum absolute atomic E-state index is 0. The fourth-order valence-corrected chi connectivity index (χ4v) is 16.5. The second-order valence-electron chi connectivity index (χ2n) is 26.0. The van der Waals surface area contributed by atoms with Crippen LogP contribution < -0.4 is 29.6 Å². The van der Waals surface area contributed by atoms with E-state index in [1.165, 1.54) is 14.0 Å². The van der Waals surface area contributed by atoms with E-state index in [0.29, 0.717) is 32.1 Å². The summed E-state index contributed by atoms with van der Waals surface area (Å²) in [5.41, 5.74) is -7.37. The molecule has 22 unspecified atom stereocenters. The topological polar surface area (TPSA) is 419 Å². The first-order valence-electron chi connectivity index (χ1n) is 28.2. The van der Waals surface area contributed by atoms with Crippen LogP contribution in [0.5, 0.6) is 0 Å². The Morgan fingerprint density at radius 1 is 0.735 bits per heavy atom. The van der Waals surface area contributed by atoms with E-state index in [-0.39, 0.29) is 54.2 Å². The number of hydrogen-bond donors (Lipinski definition) is 12. The van der Waals surface area contributed by atoms with Gasteiger partial charge in [-0.3, -0.25) is 8.98 Å². The summed E-state index contributed by atoms with van der Waals surface area (Å²) in [5, 5.41) is 135. The molecule has 0 bridgehead atoms. The van der Waals surface area contributed by atoms with Gasteiger partial charge in [0.05, 0.1) is 43.7 Å². The molecule has 4 aliphatic carbocycles. The third-order valence-electron chi connectivity index (χ3n) is 20.3. The first kappa shape index (κ1) is 67.9. The van der Waals surface area contributed by atoms with Gasteiger partial charge in [-0.05, 0) is 107 Å². The maximum absolute atomic E-state index is 14.5. The maximum atomic E-state index is 14.5. The van der Waals surface area contributed by atoms with Gasteiger partial charge < -0.3 is 113 Å². The number of carbonyl (C=O) groups excluding carboxylic acids is 1. The molecule has 9 aliphatic rings. The molecule has 83 heavy (non-hydrogen) atoms. The Hall–Kier alpha value is -1.02. The minimum Gasteiger partial charge on any atom is -0.726 e. The van der Waals surface area contributed by atoms with Crippen molar-refractivity contribution in [2.75, 3.05) is 26.9 Å². The second kappa shape index (κ2) is 24.3. The summed E-state index contributed by atoms with van der Waals surface area (Å²) < 4.78 is 99.5. The van der Waals surface area contributed by atoms with E-state index in [1.807, 2.05) is 20.8 Å². The Bertz CT molecular complexity index is 2480. The molecular formula is C54H85NaO27S. The first-order chi connectivity index (χ1) is 38.1. The summed E-state index contributed by atoms with van der Waals surface area (Å²) in [6, 6.07) is 0. The summed E-state index contributed by atoms with van der Waals surface area (Å²) in [4.78, 5) is 14.5. The average molecular weight is 1220 g/mol. The van der Waals surface area contributed by atoms with Gasteiger partial charge in [-0.25, -0.2) is 8.42 Å². The SMILES string of the molecule is COC1C(O)C(CO)OC(OC2C(O)C(CO)OC(OC3C(C)OC(OC4C(OC5CC[C@]6(C)C7=C[C@H](O)C89C(=O)O[C@@](C)(/C=C/CC(C)(C)O)[C@@]8(O)CC[C@@]9(C)[C@@H]7CCC6C5(C)C)OCC(OS(=O)(=O)[O-])C4O)C(O)C3O)C2O)C1O.[Na+]. The van der Waals surface area contributed by atoms with Crippen LogP contribution in [0.15, 0.2) is 23.8 Å². The van der Waals surface area contributed by atoms with Crippen LogP contribution in [0.1, 0.15) is 100 Å². The van der Waals surface area contributed by atoms with Gasteiger partial charge in [0.2, 0.25) is 10.4 Å². The van der Waals surface area contributed by atoms with E-state index in [2.05, 4.69) is 11.1 Å². The number of cyclic esters (lactones) is 1. The van der Waals surface area contributed by atoms with Crippen LogP contribution in [0.4, 0.5) is 0 Å². The van der Waals surface area contributed by atoms with E-state index in [0.717, 1.165) is 5.57 Å². The molecule has 3 saturated carbocycles. The zero-order valence-corrected chi connectivity index (χ0v) is 51.3. The Morgan fingerprint density at radius 2 is 1.31 bits per heavy atom. The summed E-state index contributed by atoms with van der Waals surface area (Å²) in [7, 11) is -4.28. The van der Waals surface area contributed by atoms with Crippen molar-refractivity contribution in [3.8, 4) is 0 Å². The quantitative estimate of drug-likeness (QED) is 0.0171. The number of carbonyl (C=O) groups is 1. The normalized spacial score (nSPS) is 50.8. The number of aliphatic hydroxyl groups excluding tert-OH is 10. The van der Waals surface area contributed by atoms with Crippen LogP contribution in [-0.4, -0.2) is 253 Å². The van der Waals surface area contributed by atoms with Gasteiger partial charge in [0.15, 0.2) is 30.8 Å². The molecule has 470 valence electrons. The predicted molar refractivity (Wildman–Crippen MR) is 273 cm³/mol. The van der Waals surface area contributed by atoms with Crippen molar-refractivity contribution in [1.29, 1.82) is 0 Å². The second-order valence-corrected chi connectivity index (χ2v) is 27.0. The van der Waals surface area contributed by atoms with Crippen molar-refractivity contribution in [3.63, 3.8) is 0 Å². The van der Waals surface area contributed by atoms with Gasteiger partial charge in [-0.2, -0.15) is 0 Å². The van der Waals surface area contributed by atoms with Crippen molar-refractivity contribution in [2.24, 2.45) is 33.5 Å². The van der Waals surface area contributed by atoms with Gasteiger partial charge in [0.25, 0.3) is 0 Å². The molecule has 12 N–H and O–H groups in total. The molecule has 28 atom stereocenters. The number of allylic oxidation sites excluding steroid dienone is 1. The number of fused-ring (bicyclic) bond motifs is 4. The fourth-order valence-electron chi connectivity index (χ4n) is 16.0. The molecular weight excluding hydrogens is 1140 g/mol. The Kier molecular flexibility index (Phi) is 19.9. The number of rotatable bonds is 16. The number of esters is 1. The molecule has 0 aromatic rings. The molecule has 0 aromatic heterocycles. The van der Waals surface area contributed by atoms with Crippen LogP contribution in [0.2, 0.25) is 0 Å². The summed E-state index contributed by atoms with van der Waals surface area (Å²) >= 11 is 0. The van der Waals surface area contributed by atoms with Gasteiger partial charge >= 0.3 is 35.5 Å². The van der Waals surface area contributed by atoms with Crippen LogP contribution in [-0.2, 0) is 66.7 Å². The van der Waals surface area contributed by atoms with E-state index < -0.39 is 204 Å². The molecule has 0 radical (unpaired) electrons. The summed E-state index contributed by atoms with van der Waals surface area (Å²) in [6.07, 6.45) is -26.9. The minimum atomic E-state index is -5.45. The molecule has 8 fully saturated rings. The average Bonchev–Trinajstić information content (AvgIpc) is 1.54. The molecule has 27 nitrogen and oxygen atoms in total. The number of methoxy groups -OCH3 is 1. The fraction of sp³-hybridized carbons (Fsp3) is 0.907. The van der Waals surface area contributed by atoms with Crippen molar-refractivity contribution in [3.05, 3.63) is 23.8 Å². The van der Waals surface area contributed by atoms with Gasteiger partial charge in [-0.15, -0.1) is 0 Å². The predicted octanol–water partition coefficient (Wildman–Crippen LogP) is -5.84. The molecule has 0 aromatic carbocycles. The van der Waals surface area contributed by atoms with E-state index >= 15 is 0 Å². The third-order valence-corrected chi connectivity index (χ3v) is 20.8. The Morgan fingerprint density at radius 3 is 1.90 bits per heavy atom. The Labute approximate surface area is 504 Å². The monoisotopic (exact) mass is 1220 g/mol. The van der Waals surface area contributed by atoms with Gasteiger partial charge in [0.1, 0.15) is 96.5 Å². The van der Waals surface area contributed by atoms with E-state index in [9.17, 15) is 79.0 Å². The van der Waals surface area contributed by atoms with Crippen LogP contribution in [0.3, 0.4) is 0 Å². The molecule has 0 amide bonds. The van der Waals surface area contributed by atoms with Crippen LogP contribution >= 0.6 is 0 Å². The number of aliphatic hydroxyl groups is 12. The zero-order chi connectivity index (χ0) is 60.4. The van der Waals surface area contributed by atoms with E-state index in [4.69, 9.17) is 47.4 Å². The van der Waals surface area contributed by atoms with Gasteiger partial charge in [0, 0.05) is 7.11 Å². The van der Waals surface area contributed by atoms with Gasteiger partial charge in [-0.1, -0.05) is 45.4 Å². The first-order valence-corrected chi connectivity index (χ1v) is 29.5. The van der Waals surface area contributed by atoms with E-state index in [1.54, 1.807) is 39.0 Å². The van der Waals surface area contributed by atoms with Crippen molar-refractivity contribution < 1.29 is 160 Å². The maximum Gasteiger partial charge on any atom is 1.00 e. The zero-order valence-electron chi connectivity index (χ0n) is 48.5. The van der Waals surface area contributed by atoms with Crippen molar-refractivity contribution in [2.45, 2.75) is 246 Å². The standard InChI is InChI=1S/C54H86O27S.Na/c1-23-39(77-45-38(64)41(33(59)27(21-56)75-45)78-44-37(63)40(71-9)32(58)26(20-55)74-44)35(61)36(62)43(73-23)79-42-34(60)28(81-82(68,69)70)22-72-46(42)76-31-13-16-50(6)25-19-30(57)54-47(65)80-52(8,15-10-14-48(2,3)66)53(54,67)18-17-51(54,7)24(25)11-12-29(50)49(31,4)5;/h10,15,19,23-24,26-46,55-64,66-67H,11-14,16-18,20-22H2,1-9H3,(H,68,69,70);/q;+1/p-1/b15-10+;/t23?,24-,26?,27?,28?,29?,30+,31?,32?,33?,34?,35?,36?,37?,38?,39?,40?,41?,42?,43?,44?,45?,46?,50-,51+,52+,53+,54?;/m1./s1. The molecule has 29 heteroatoms. The summed E-state index contributed by atoms with van der Waals surface area (Å²) in [5.74, 6) is -1.09. The molecule has 5 aliphatic heterocycles. The smallest absolute Gasteiger partial charge is 0.726 e. The molecule has 5 saturated heterocycles. The number of ether oxygens (including phenoxy) is 10. The largest absolute Gasteiger partial charge is 1.00 e. The molecule has 5 heterocycles. The van der Waals surface area contributed by atoms with Crippen LogP contribution in [0.25, 0.3) is 0 Å².